The molecule has 0 spiro atoms. The van der Waals surface area contributed by atoms with Crippen LogP contribution in [0.15, 0.2) is 6.33 Å². The van der Waals surface area contributed by atoms with E-state index < -0.39 is 0 Å². The van der Waals surface area contributed by atoms with Gasteiger partial charge < -0.3 is 10.6 Å². The first kappa shape index (κ1) is 11.1. The first-order valence-corrected chi connectivity index (χ1v) is 5.52. The highest BCUT2D eigenvalue weighted by Gasteiger charge is 2.29. The summed E-state index contributed by atoms with van der Waals surface area (Å²) in [6.45, 7) is 3.36. The van der Waals surface area contributed by atoms with E-state index in [1.165, 1.54) is 0 Å². The molecule has 2 rings (SSSR count). The third-order valence-electron chi connectivity index (χ3n) is 2.93. The highest BCUT2D eigenvalue weighted by molar-refractivity contribution is 5.79. The minimum absolute atomic E-state index is 0.0729. The molecule has 0 aliphatic carbocycles. The fourth-order valence-electron chi connectivity index (χ4n) is 1.98. The van der Waals surface area contributed by atoms with Crippen molar-refractivity contribution in [2.75, 3.05) is 6.54 Å². The second-order valence-corrected chi connectivity index (χ2v) is 4.19. The van der Waals surface area contributed by atoms with Gasteiger partial charge in [-0.1, -0.05) is 0 Å². The Kier molecular flexibility index (Phi) is 3.19. The summed E-state index contributed by atoms with van der Waals surface area (Å²) in [7, 11) is 1.81. The summed E-state index contributed by atoms with van der Waals surface area (Å²) >= 11 is 0. The molecule has 0 bridgehead atoms. The van der Waals surface area contributed by atoms with Crippen molar-refractivity contribution in [1.29, 1.82) is 0 Å². The van der Waals surface area contributed by atoms with Gasteiger partial charge in [-0.2, -0.15) is 5.10 Å². The van der Waals surface area contributed by atoms with Gasteiger partial charge in [0.15, 0.2) is 5.82 Å². The predicted molar refractivity (Wildman–Crippen MR) is 58.4 cm³/mol. The highest BCUT2D eigenvalue weighted by Crippen LogP contribution is 2.14. The number of aryl methyl sites for hydroxylation is 1. The van der Waals surface area contributed by atoms with Gasteiger partial charge in [-0.05, 0) is 19.9 Å². The Morgan fingerprint density at radius 2 is 2.56 bits per heavy atom. The fourth-order valence-corrected chi connectivity index (χ4v) is 1.98. The molecule has 2 N–H and O–H groups in total. The van der Waals surface area contributed by atoms with Crippen LogP contribution in [0.1, 0.15) is 19.2 Å². The number of nitrogens with zero attached hydrogens (tertiary/aromatic N) is 3. The van der Waals surface area contributed by atoms with Crippen LogP contribution in [0.25, 0.3) is 0 Å². The summed E-state index contributed by atoms with van der Waals surface area (Å²) in [6, 6.07) is 0.261. The molecule has 1 aromatic heterocycles. The van der Waals surface area contributed by atoms with Crippen LogP contribution in [0.4, 0.5) is 0 Å². The summed E-state index contributed by atoms with van der Waals surface area (Å²) in [5.74, 6) is 0.808. The van der Waals surface area contributed by atoms with Gasteiger partial charge in [-0.3, -0.25) is 9.48 Å². The van der Waals surface area contributed by atoms with E-state index in [9.17, 15) is 4.79 Å². The van der Waals surface area contributed by atoms with Gasteiger partial charge in [-0.25, -0.2) is 4.98 Å². The lowest BCUT2D eigenvalue weighted by Gasteiger charge is -2.13. The summed E-state index contributed by atoms with van der Waals surface area (Å²) in [5.41, 5.74) is 0. The SMILES string of the molecule is CC1NCCC1C(=O)NCc1ncn(C)n1. The monoisotopic (exact) mass is 223 g/mol. The first-order chi connectivity index (χ1) is 7.66. The molecular weight excluding hydrogens is 206 g/mol. The molecule has 0 radical (unpaired) electrons. The molecule has 2 atom stereocenters. The number of hydrogen-bond acceptors (Lipinski definition) is 4. The molecule has 0 saturated carbocycles. The zero-order valence-corrected chi connectivity index (χ0v) is 9.60. The number of rotatable bonds is 3. The molecular formula is C10H17N5O. The van der Waals surface area contributed by atoms with Crippen LogP contribution in [0.3, 0.4) is 0 Å². The van der Waals surface area contributed by atoms with Gasteiger partial charge in [0.25, 0.3) is 0 Å². The van der Waals surface area contributed by atoms with E-state index in [1.807, 2.05) is 6.92 Å². The molecule has 2 unspecified atom stereocenters. The number of nitrogens with one attached hydrogen (secondary N) is 2. The van der Waals surface area contributed by atoms with E-state index in [1.54, 1.807) is 18.1 Å². The van der Waals surface area contributed by atoms with Crippen LogP contribution < -0.4 is 10.6 Å². The van der Waals surface area contributed by atoms with Crippen molar-refractivity contribution in [2.24, 2.45) is 13.0 Å². The Hall–Kier alpha value is -1.43. The third kappa shape index (κ3) is 2.38. The topological polar surface area (TPSA) is 71.8 Å². The highest BCUT2D eigenvalue weighted by atomic mass is 16.1. The lowest BCUT2D eigenvalue weighted by Crippen LogP contribution is -2.36. The zero-order valence-electron chi connectivity index (χ0n) is 9.60. The van der Waals surface area contributed by atoms with Crippen molar-refractivity contribution < 1.29 is 4.79 Å². The first-order valence-electron chi connectivity index (χ1n) is 5.52. The molecule has 1 aromatic rings. The number of hydrogen-bond donors (Lipinski definition) is 2. The van der Waals surface area contributed by atoms with Gasteiger partial charge in [-0.15, -0.1) is 0 Å². The van der Waals surface area contributed by atoms with Crippen molar-refractivity contribution in [3.63, 3.8) is 0 Å². The number of aromatic nitrogens is 3. The molecule has 6 nitrogen and oxygen atoms in total. The van der Waals surface area contributed by atoms with E-state index in [0.717, 1.165) is 13.0 Å². The normalized spacial score (nSPS) is 24.6. The van der Waals surface area contributed by atoms with Crippen molar-refractivity contribution in [2.45, 2.75) is 25.9 Å². The van der Waals surface area contributed by atoms with Crippen molar-refractivity contribution in [3.8, 4) is 0 Å². The molecule has 0 aromatic carbocycles. The average Bonchev–Trinajstić information content (AvgIpc) is 2.84. The molecule has 16 heavy (non-hydrogen) atoms. The number of carbonyl (C=O) groups is 1. The molecule has 2 heterocycles. The Bertz CT molecular complexity index is 375. The fraction of sp³-hybridized carbons (Fsp3) is 0.700. The Morgan fingerprint density at radius 3 is 3.12 bits per heavy atom. The zero-order chi connectivity index (χ0) is 11.5. The Morgan fingerprint density at radius 1 is 1.75 bits per heavy atom. The molecule has 1 amide bonds. The lowest BCUT2D eigenvalue weighted by molar-refractivity contribution is -0.125. The van der Waals surface area contributed by atoms with Gasteiger partial charge >= 0.3 is 0 Å². The third-order valence-corrected chi connectivity index (χ3v) is 2.93. The van der Waals surface area contributed by atoms with Crippen LogP contribution in [0.2, 0.25) is 0 Å². The Labute approximate surface area is 94.4 Å². The van der Waals surface area contributed by atoms with Crippen LogP contribution in [-0.2, 0) is 18.4 Å². The molecule has 1 saturated heterocycles. The quantitative estimate of drug-likeness (QED) is 0.720. The van der Waals surface area contributed by atoms with E-state index in [2.05, 4.69) is 20.7 Å². The van der Waals surface area contributed by atoms with Gasteiger partial charge in [0, 0.05) is 13.1 Å². The van der Waals surface area contributed by atoms with E-state index in [4.69, 9.17) is 0 Å². The maximum absolute atomic E-state index is 11.8. The molecule has 88 valence electrons. The second-order valence-electron chi connectivity index (χ2n) is 4.19. The largest absolute Gasteiger partial charge is 0.348 e. The van der Waals surface area contributed by atoms with Crippen molar-refractivity contribution in [1.82, 2.24) is 25.4 Å². The van der Waals surface area contributed by atoms with Crippen molar-refractivity contribution in [3.05, 3.63) is 12.2 Å². The average molecular weight is 223 g/mol. The minimum Gasteiger partial charge on any atom is -0.348 e. The maximum atomic E-state index is 11.8. The summed E-state index contributed by atoms with van der Waals surface area (Å²) in [6.07, 6.45) is 2.53. The van der Waals surface area contributed by atoms with E-state index in [-0.39, 0.29) is 17.9 Å². The smallest absolute Gasteiger partial charge is 0.225 e. The molecule has 1 aliphatic rings. The maximum Gasteiger partial charge on any atom is 0.225 e. The second kappa shape index (κ2) is 4.61. The van der Waals surface area contributed by atoms with Crippen LogP contribution in [0.5, 0.6) is 0 Å². The van der Waals surface area contributed by atoms with Crippen LogP contribution >= 0.6 is 0 Å². The van der Waals surface area contributed by atoms with Gasteiger partial charge in [0.1, 0.15) is 6.33 Å². The van der Waals surface area contributed by atoms with Crippen LogP contribution in [0, 0.1) is 5.92 Å². The van der Waals surface area contributed by atoms with E-state index in [0.29, 0.717) is 12.4 Å². The molecule has 6 heteroatoms. The van der Waals surface area contributed by atoms with Gasteiger partial charge in [0.2, 0.25) is 5.91 Å². The standard InChI is InChI=1S/C10H17N5O/c1-7-8(3-4-11-7)10(16)12-5-9-13-6-15(2)14-9/h6-8,11H,3-5H2,1-2H3,(H,12,16). The lowest BCUT2D eigenvalue weighted by atomic mass is 10.0. The summed E-state index contributed by atoms with van der Waals surface area (Å²) in [4.78, 5) is 15.9. The van der Waals surface area contributed by atoms with Crippen molar-refractivity contribution >= 4 is 5.91 Å². The molecule has 1 aliphatic heterocycles. The Balaban J connectivity index is 1.83. The minimum atomic E-state index is 0.0729. The van der Waals surface area contributed by atoms with E-state index >= 15 is 0 Å². The summed E-state index contributed by atoms with van der Waals surface area (Å²) < 4.78 is 1.63. The summed E-state index contributed by atoms with van der Waals surface area (Å²) in [5, 5.41) is 10.2. The molecule has 1 fully saturated rings. The van der Waals surface area contributed by atoms with Gasteiger partial charge in [0.05, 0.1) is 12.5 Å². The predicted octanol–water partition coefficient (Wildman–Crippen LogP) is -0.571. The number of amides is 1. The number of carbonyl (C=O) groups excluding carboxylic acids is 1. The van der Waals surface area contributed by atoms with Crippen LogP contribution in [-0.4, -0.2) is 33.3 Å².